The van der Waals surface area contributed by atoms with E-state index in [0.29, 0.717) is 6.42 Å². The third-order valence-electron chi connectivity index (χ3n) is 3.66. The second-order valence-corrected chi connectivity index (χ2v) is 11.4. The van der Waals surface area contributed by atoms with E-state index in [-0.39, 0.29) is 23.2 Å². The van der Waals surface area contributed by atoms with Gasteiger partial charge in [0.25, 0.3) is 0 Å². The first-order valence-electron chi connectivity index (χ1n) is 6.95. The molecule has 2 atom stereocenters. The zero-order chi connectivity index (χ0) is 15.3. The molecule has 0 N–H and O–H groups in total. The Bertz CT molecular complexity index is 305. The Hall–Kier alpha value is -0.613. The highest BCUT2D eigenvalue weighted by Gasteiger charge is 2.38. The highest BCUT2D eigenvalue weighted by molar-refractivity contribution is 6.74. The van der Waals surface area contributed by atoms with Crippen molar-refractivity contribution in [2.75, 3.05) is 0 Å². The summed E-state index contributed by atoms with van der Waals surface area (Å²) in [7, 11) is -1.76. The molecule has 0 aliphatic rings. The molecular formula is C15H30O3Si. The molecule has 0 fully saturated rings. The lowest BCUT2D eigenvalue weighted by atomic mass is 10.1. The molecule has 0 aliphatic carbocycles. The van der Waals surface area contributed by atoms with Crippen LogP contribution in [-0.4, -0.2) is 26.5 Å². The summed E-state index contributed by atoms with van der Waals surface area (Å²) in [5.74, 6) is -0.244. The minimum atomic E-state index is -1.76. The Morgan fingerprint density at radius 2 is 1.89 bits per heavy atom. The van der Waals surface area contributed by atoms with Crippen molar-refractivity contribution in [3.05, 3.63) is 12.7 Å². The van der Waals surface area contributed by atoms with Crippen LogP contribution in [0.1, 0.15) is 47.5 Å². The molecule has 0 rings (SSSR count). The molecule has 0 saturated heterocycles. The Balaban J connectivity index is 4.52. The van der Waals surface area contributed by atoms with Crippen LogP contribution < -0.4 is 0 Å². The zero-order valence-corrected chi connectivity index (χ0v) is 14.6. The van der Waals surface area contributed by atoms with Crippen LogP contribution in [0.15, 0.2) is 12.7 Å². The standard InChI is InChI=1S/C15H30O3Si/c1-9-10-14(17-13(3)16)11-12(2)18-19(7,8)15(4,5)6/h9,12,14H,1,10-11H2,2-8H3/t12-,14?/m1/s1. The van der Waals surface area contributed by atoms with Gasteiger partial charge in [0.1, 0.15) is 6.10 Å². The summed E-state index contributed by atoms with van der Waals surface area (Å²) in [5, 5.41) is 0.191. The molecule has 0 saturated carbocycles. The molecule has 0 aromatic heterocycles. The van der Waals surface area contributed by atoms with Crippen molar-refractivity contribution in [2.45, 2.75) is 77.8 Å². The van der Waals surface area contributed by atoms with E-state index in [0.717, 1.165) is 6.42 Å². The number of rotatable bonds is 7. The van der Waals surface area contributed by atoms with Crippen molar-refractivity contribution in [1.82, 2.24) is 0 Å². The van der Waals surface area contributed by atoms with Crippen LogP contribution in [0, 0.1) is 0 Å². The topological polar surface area (TPSA) is 35.5 Å². The molecule has 19 heavy (non-hydrogen) atoms. The molecule has 1 unspecified atom stereocenters. The van der Waals surface area contributed by atoms with Crippen molar-refractivity contribution in [3.63, 3.8) is 0 Å². The molecular weight excluding hydrogens is 256 g/mol. The van der Waals surface area contributed by atoms with Gasteiger partial charge in [0, 0.05) is 25.9 Å². The maximum absolute atomic E-state index is 11.1. The molecule has 112 valence electrons. The van der Waals surface area contributed by atoms with Crippen molar-refractivity contribution < 1.29 is 14.0 Å². The Morgan fingerprint density at radius 3 is 2.26 bits per heavy atom. The smallest absolute Gasteiger partial charge is 0.302 e. The Labute approximate surface area is 119 Å². The summed E-state index contributed by atoms with van der Waals surface area (Å²) in [4.78, 5) is 11.1. The van der Waals surface area contributed by atoms with E-state index < -0.39 is 8.32 Å². The van der Waals surface area contributed by atoms with Gasteiger partial charge in [-0.25, -0.2) is 0 Å². The monoisotopic (exact) mass is 286 g/mol. The fourth-order valence-electron chi connectivity index (χ4n) is 1.71. The maximum Gasteiger partial charge on any atom is 0.302 e. The SMILES string of the molecule is C=CCC(C[C@@H](C)O[Si](C)(C)C(C)(C)C)OC(C)=O. The van der Waals surface area contributed by atoms with Crippen molar-refractivity contribution in [3.8, 4) is 0 Å². The fraction of sp³-hybridized carbons (Fsp3) is 0.800. The summed E-state index contributed by atoms with van der Waals surface area (Å²) in [6.07, 6.45) is 3.13. The summed E-state index contributed by atoms with van der Waals surface area (Å²) >= 11 is 0. The van der Waals surface area contributed by atoms with Gasteiger partial charge in [-0.1, -0.05) is 26.8 Å². The van der Waals surface area contributed by atoms with E-state index in [9.17, 15) is 4.79 Å². The molecule has 0 heterocycles. The van der Waals surface area contributed by atoms with Gasteiger partial charge >= 0.3 is 5.97 Å². The van der Waals surface area contributed by atoms with Crippen LogP contribution in [0.3, 0.4) is 0 Å². The van der Waals surface area contributed by atoms with E-state index in [1.54, 1.807) is 6.08 Å². The van der Waals surface area contributed by atoms with Crippen molar-refractivity contribution >= 4 is 14.3 Å². The Morgan fingerprint density at radius 1 is 1.37 bits per heavy atom. The minimum Gasteiger partial charge on any atom is -0.462 e. The van der Waals surface area contributed by atoms with E-state index >= 15 is 0 Å². The van der Waals surface area contributed by atoms with E-state index in [1.807, 2.05) is 0 Å². The van der Waals surface area contributed by atoms with Crippen LogP contribution in [0.4, 0.5) is 0 Å². The fourth-order valence-corrected chi connectivity index (χ4v) is 3.17. The lowest BCUT2D eigenvalue weighted by molar-refractivity contribution is -0.147. The highest BCUT2D eigenvalue weighted by atomic mass is 28.4. The molecule has 0 aromatic carbocycles. The number of carbonyl (C=O) groups excluding carboxylic acids is 1. The second-order valence-electron chi connectivity index (χ2n) is 6.68. The van der Waals surface area contributed by atoms with Crippen LogP contribution >= 0.6 is 0 Å². The molecule has 4 heteroatoms. The predicted octanol–water partition coefficient (Wildman–Crippen LogP) is 4.29. The summed E-state index contributed by atoms with van der Waals surface area (Å²) in [6.45, 7) is 18.3. The first kappa shape index (κ1) is 18.4. The van der Waals surface area contributed by atoms with E-state index in [2.05, 4.69) is 47.4 Å². The quantitative estimate of drug-likeness (QED) is 0.398. The van der Waals surface area contributed by atoms with Gasteiger partial charge in [0.2, 0.25) is 0 Å². The van der Waals surface area contributed by atoms with Gasteiger partial charge < -0.3 is 9.16 Å². The summed E-state index contributed by atoms with van der Waals surface area (Å²) in [5.41, 5.74) is 0. The third kappa shape index (κ3) is 6.92. The number of hydrogen-bond donors (Lipinski definition) is 0. The van der Waals surface area contributed by atoms with E-state index in [4.69, 9.17) is 9.16 Å². The van der Waals surface area contributed by atoms with Gasteiger partial charge in [0.15, 0.2) is 8.32 Å². The van der Waals surface area contributed by atoms with Gasteiger partial charge in [-0.2, -0.15) is 0 Å². The number of hydrogen-bond acceptors (Lipinski definition) is 3. The molecule has 0 bridgehead atoms. The molecule has 3 nitrogen and oxygen atoms in total. The first-order chi connectivity index (χ1) is 8.49. The molecule has 0 aromatic rings. The number of esters is 1. The first-order valence-corrected chi connectivity index (χ1v) is 9.86. The normalized spacial score (nSPS) is 15.7. The molecule has 0 aliphatic heterocycles. The maximum atomic E-state index is 11.1. The van der Waals surface area contributed by atoms with Gasteiger partial charge in [-0.3, -0.25) is 4.79 Å². The van der Waals surface area contributed by atoms with Gasteiger partial charge in [0.05, 0.1) is 0 Å². The molecule has 0 radical (unpaired) electrons. The van der Waals surface area contributed by atoms with Crippen molar-refractivity contribution in [1.29, 1.82) is 0 Å². The summed E-state index contributed by atoms with van der Waals surface area (Å²) in [6, 6.07) is 0. The average molecular weight is 286 g/mol. The number of carbonyl (C=O) groups is 1. The van der Waals surface area contributed by atoms with Crippen LogP contribution in [0.2, 0.25) is 18.1 Å². The molecule has 0 spiro atoms. The third-order valence-corrected chi connectivity index (χ3v) is 8.26. The lowest BCUT2D eigenvalue weighted by Crippen LogP contribution is -2.44. The van der Waals surface area contributed by atoms with Crippen LogP contribution in [0.5, 0.6) is 0 Å². The van der Waals surface area contributed by atoms with Crippen LogP contribution in [0.25, 0.3) is 0 Å². The summed E-state index contributed by atoms with van der Waals surface area (Å²) < 4.78 is 11.6. The van der Waals surface area contributed by atoms with Gasteiger partial charge in [-0.05, 0) is 25.1 Å². The van der Waals surface area contributed by atoms with Gasteiger partial charge in [-0.15, -0.1) is 6.58 Å². The Kier molecular flexibility index (Phi) is 7.01. The second kappa shape index (κ2) is 7.24. The number of ether oxygens (including phenoxy) is 1. The van der Waals surface area contributed by atoms with Crippen molar-refractivity contribution in [2.24, 2.45) is 0 Å². The van der Waals surface area contributed by atoms with E-state index in [1.165, 1.54) is 6.92 Å². The average Bonchev–Trinajstić information content (AvgIpc) is 2.13. The minimum absolute atomic E-state index is 0.0881. The highest BCUT2D eigenvalue weighted by Crippen LogP contribution is 2.37. The molecule has 0 amide bonds. The largest absolute Gasteiger partial charge is 0.462 e. The predicted molar refractivity (Wildman–Crippen MR) is 82.7 cm³/mol. The zero-order valence-electron chi connectivity index (χ0n) is 13.6. The lowest BCUT2D eigenvalue weighted by Gasteiger charge is -2.39. The van der Waals surface area contributed by atoms with Crippen LogP contribution in [-0.2, 0) is 14.0 Å².